The van der Waals surface area contributed by atoms with Gasteiger partial charge < -0.3 is 20.4 Å². The lowest BCUT2D eigenvalue weighted by molar-refractivity contribution is 0.415. The van der Waals surface area contributed by atoms with Gasteiger partial charge in [-0.2, -0.15) is 0 Å². The summed E-state index contributed by atoms with van der Waals surface area (Å²) < 4.78 is 5.36. The standard InChI is InChI=1S/C19H15N7O/c1-27-10-4-5-15-12(7-10)14(8-22-15)17-16(24-19(20)26-25-17)13-9-23-18-11(13)3-2-6-21-18/h2-9,22H,1H3,(H,21,23)(H2,20,24,26). The number of pyridine rings is 1. The minimum atomic E-state index is 0.115. The van der Waals surface area contributed by atoms with Gasteiger partial charge in [0.15, 0.2) is 0 Å². The predicted octanol–water partition coefficient (Wildman–Crippen LogP) is 3.15. The van der Waals surface area contributed by atoms with Gasteiger partial charge in [-0.15, -0.1) is 10.2 Å². The maximum Gasteiger partial charge on any atom is 0.240 e. The number of hydrogen-bond donors (Lipinski definition) is 3. The first-order chi connectivity index (χ1) is 13.2. The third-order valence-electron chi connectivity index (χ3n) is 4.55. The van der Waals surface area contributed by atoms with Crippen molar-refractivity contribution in [3.05, 3.63) is 48.9 Å². The van der Waals surface area contributed by atoms with Crippen LogP contribution in [0.25, 0.3) is 44.5 Å². The molecule has 1 aromatic carbocycles. The molecular formula is C19H15N7O. The number of H-pyrrole nitrogens is 2. The molecule has 0 atom stereocenters. The molecule has 4 N–H and O–H groups in total. The number of nitrogens with two attached hydrogens (primary N) is 1. The maximum absolute atomic E-state index is 5.85. The highest BCUT2D eigenvalue weighted by Gasteiger charge is 2.19. The average Bonchev–Trinajstić information content (AvgIpc) is 3.31. The number of nitrogens with one attached hydrogen (secondary N) is 2. The molecule has 0 saturated carbocycles. The van der Waals surface area contributed by atoms with E-state index in [2.05, 4.69) is 30.1 Å². The zero-order valence-electron chi connectivity index (χ0n) is 14.4. The van der Waals surface area contributed by atoms with Crippen LogP contribution in [0.4, 0.5) is 5.95 Å². The second kappa shape index (κ2) is 5.80. The monoisotopic (exact) mass is 357 g/mol. The fourth-order valence-corrected chi connectivity index (χ4v) is 3.28. The van der Waals surface area contributed by atoms with Gasteiger partial charge in [-0.25, -0.2) is 9.97 Å². The normalized spacial score (nSPS) is 11.3. The van der Waals surface area contributed by atoms with Crippen molar-refractivity contribution in [1.29, 1.82) is 0 Å². The highest BCUT2D eigenvalue weighted by atomic mass is 16.5. The number of rotatable bonds is 3. The largest absolute Gasteiger partial charge is 0.497 e. The summed E-state index contributed by atoms with van der Waals surface area (Å²) in [6, 6.07) is 9.69. The van der Waals surface area contributed by atoms with E-state index in [0.717, 1.165) is 38.8 Å². The molecule has 0 saturated heterocycles. The molecule has 8 nitrogen and oxygen atoms in total. The second-order valence-electron chi connectivity index (χ2n) is 6.08. The van der Waals surface area contributed by atoms with Gasteiger partial charge in [-0.1, -0.05) is 0 Å². The van der Waals surface area contributed by atoms with E-state index < -0.39 is 0 Å². The highest BCUT2D eigenvalue weighted by Crippen LogP contribution is 2.37. The van der Waals surface area contributed by atoms with Crippen molar-refractivity contribution in [3.8, 4) is 28.3 Å². The Morgan fingerprint density at radius 1 is 0.963 bits per heavy atom. The molecule has 0 spiro atoms. The number of nitrogens with zero attached hydrogens (tertiary/aromatic N) is 4. The van der Waals surface area contributed by atoms with Crippen LogP contribution in [0, 0.1) is 0 Å². The fraction of sp³-hybridized carbons (Fsp3) is 0.0526. The Bertz CT molecular complexity index is 1290. The predicted molar refractivity (Wildman–Crippen MR) is 103 cm³/mol. The Balaban J connectivity index is 1.80. The Hall–Kier alpha value is -3.94. The van der Waals surface area contributed by atoms with E-state index in [-0.39, 0.29) is 5.95 Å². The van der Waals surface area contributed by atoms with Crippen LogP contribution in [0.1, 0.15) is 0 Å². The number of ether oxygens (including phenoxy) is 1. The summed E-state index contributed by atoms with van der Waals surface area (Å²) in [5.41, 5.74) is 10.6. The van der Waals surface area contributed by atoms with Crippen molar-refractivity contribution in [1.82, 2.24) is 30.1 Å². The van der Waals surface area contributed by atoms with Gasteiger partial charge in [-0.05, 0) is 30.3 Å². The SMILES string of the molecule is COc1ccc2[nH]cc(-c3nnc(N)nc3-c3c[nH]c4ncccc34)c2c1. The first-order valence-electron chi connectivity index (χ1n) is 8.33. The number of fused-ring (bicyclic) bond motifs is 2. The van der Waals surface area contributed by atoms with Crippen LogP contribution in [0.5, 0.6) is 5.75 Å². The zero-order valence-corrected chi connectivity index (χ0v) is 14.4. The van der Waals surface area contributed by atoms with Crippen molar-refractivity contribution < 1.29 is 4.74 Å². The Morgan fingerprint density at radius 3 is 2.70 bits per heavy atom. The summed E-state index contributed by atoms with van der Waals surface area (Å²) in [4.78, 5) is 15.2. The van der Waals surface area contributed by atoms with Gasteiger partial charge in [0.2, 0.25) is 5.95 Å². The van der Waals surface area contributed by atoms with Gasteiger partial charge in [-0.3, -0.25) is 0 Å². The lowest BCUT2D eigenvalue weighted by Crippen LogP contribution is -2.02. The first-order valence-corrected chi connectivity index (χ1v) is 8.33. The molecule has 0 radical (unpaired) electrons. The van der Waals surface area contributed by atoms with Crippen molar-refractivity contribution in [2.24, 2.45) is 0 Å². The topological polar surface area (TPSA) is 118 Å². The molecule has 4 aromatic heterocycles. The number of hydrogen-bond acceptors (Lipinski definition) is 6. The number of anilines is 1. The van der Waals surface area contributed by atoms with E-state index >= 15 is 0 Å². The summed E-state index contributed by atoms with van der Waals surface area (Å²) in [6.07, 6.45) is 5.49. The molecule has 0 fully saturated rings. The lowest BCUT2D eigenvalue weighted by Gasteiger charge is -2.07. The average molecular weight is 357 g/mol. The van der Waals surface area contributed by atoms with Gasteiger partial charge in [0.05, 0.1) is 7.11 Å². The third kappa shape index (κ3) is 2.38. The van der Waals surface area contributed by atoms with E-state index in [0.29, 0.717) is 11.4 Å². The van der Waals surface area contributed by atoms with Crippen molar-refractivity contribution in [2.45, 2.75) is 0 Å². The minimum absolute atomic E-state index is 0.115. The van der Waals surface area contributed by atoms with Crippen LogP contribution in [0.2, 0.25) is 0 Å². The summed E-state index contributed by atoms with van der Waals surface area (Å²) in [6.45, 7) is 0. The number of aromatic amines is 2. The molecule has 0 amide bonds. The first kappa shape index (κ1) is 15.3. The molecule has 0 aliphatic carbocycles. The summed E-state index contributed by atoms with van der Waals surface area (Å²) in [5, 5.41) is 10.2. The Labute approximate surface area is 153 Å². The van der Waals surface area contributed by atoms with Crippen LogP contribution < -0.4 is 10.5 Å². The van der Waals surface area contributed by atoms with E-state index in [9.17, 15) is 0 Å². The molecule has 0 unspecified atom stereocenters. The van der Waals surface area contributed by atoms with E-state index in [1.807, 2.05) is 42.7 Å². The number of methoxy groups -OCH3 is 1. The Kier molecular flexibility index (Phi) is 3.29. The van der Waals surface area contributed by atoms with E-state index in [4.69, 9.17) is 10.5 Å². The maximum atomic E-state index is 5.85. The van der Waals surface area contributed by atoms with Crippen LogP contribution in [-0.4, -0.2) is 37.2 Å². The minimum Gasteiger partial charge on any atom is -0.497 e. The van der Waals surface area contributed by atoms with Crippen LogP contribution >= 0.6 is 0 Å². The van der Waals surface area contributed by atoms with Crippen LogP contribution in [0.15, 0.2) is 48.9 Å². The molecule has 0 aliphatic heterocycles. The molecule has 0 aliphatic rings. The highest BCUT2D eigenvalue weighted by molar-refractivity contribution is 6.02. The molecule has 8 heteroatoms. The second-order valence-corrected chi connectivity index (χ2v) is 6.08. The molecule has 132 valence electrons. The lowest BCUT2D eigenvalue weighted by atomic mass is 10.0. The van der Waals surface area contributed by atoms with E-state index in [1.54, 1.807) is 13.3 Å². The van der Waals surface area contributed by atoms with Gasteiger partial charge in [0, 0.05) is 46.0 Å². The van der Waals surface area contributed by atoms with Crippen molar-refractivity contribution >= 4 is 27.9 Å². The van der Waals surface area contributed by atoms with Crippen LogP contribution in [0.3, 0.4) is 0 Å². The van der Waals surface area contributed by atoms with Gasteiger partial charge in [0.1, 0.15) is 22.8 Å². The zero-order chi connectivity index (χ0) is 18.4. The number of nitrogen functional groups attached to an aromatic ring is 1. The Morgan fingerprint density at radius 2 is 1.81 bits per heavy atom. The molecule has 27 heavy (non-hydrogen) atoms. The van der Waals surface area contributed by atoms with E-state index in [1.165, 1.54) is 0 Å². The summed E-state index contributed by atoms with van der Waals surface area (Å²) in [7, 11) is 1.64. The molecule has 5 rings (SSSR count). The molecular weight excluding hydrogens is 342 g/mol. The summed E-state index contributed by atoms with van der Waals surface area (Å²) in [5.74, 6) is 0.877. The van der Waals surface area contributed by atoms with Crippen LogP contribution in [-0.2, 0) is 0 Å². The van der Waals surface area contributed by atoms with Crippen molar-refractivity contribution in [2.75, 3.05) is 12.8 Å². The molecule has 4 heterocycles. The third-order valence-corrected chi connectivity index (χ3v) is 4.55. The van der Waals surface area contributed by atoms with Gasteiger partial charge in [0.25, 0.3) is 0 Å². The van der Waals surface area contributed by atoms with Gasteiger partial charge >= 0.3 is 0 Å². The summed E-state index contributed by atoms with van der Waals surface area (Å²) >= 11 is 0. The molecule has 0 bridgehead atoms. The molecule has 5 aromatic rings. The number of benzene rings is 1. The van der Waals surface area contributed by atoms with Crippen molar-refractivity contribution in [3.63, 3.8) is 0 Å². The number of aromatic nitrogens is 6. The fourth-order valence-electron chi connectivity index (χ4n) is 3.28. The smallest absolute Gasteiger partial charge is 0.240 e. The quantitative estimate of drug-likeness (QED) is 0.456.